The van der Waals surface area contributed by atoms with Crippen molar-refractivity contribution in [1.82, 2.24) is 15.1 Å². The maximum absolute atomic E-state index is 12.7. The van der Waals surface area contributed by atoms with E-state index in [0.29, 0.717) is 38.9 Å². The van der Waals surface area contributed by atoms with E-state index in [1.54, 1.807) is 16.8 Å². The standard InChI is InChI=1S/C22H21Cl3IN3O/c1-12(2)11-27-22(30)19(26)20-13(3)21(14-4-6-15(23)7-5-14)29(28-20)18-9-8-16(24)10-17(18)25/h4-10,12,19H,11H2,1-3H3,(H,27,30). The first-order valence-corrected chi connectivity index (χ1v) is 11.8. The Kier molecular flexibility index (Phi) is 7.71. The van der Waals surface area contributed by atoms with E-state index in [1.807, 2.05) is 37.3 Å². The van der Waals surface area contributed by atoms with Gasteiger partial charge in [0, 0.05) is 27.7 Å². The molecule has 1 aromatic heterocycles. The average Bonchev–Trinajstić information content (AvgIpc) is 3.03. The molecule has 0 aliphatic carbocycles. The number of nitrogens with zero attached hydrogens (tertiary/aromatic N) is 2. The Bertz CT molecular complexity index is 1060. The largest absolute Gasteiger partial charge is 0.355 e. The van der Waals surface area contributed by atoms with Crippen molar-refractivity contribution in [2.75, 3.05) is 6.54 Å². The minimum absolute atomic E-state index is 0.0677. The summed E-state index contributed by atoms with van der Waals surface area (Å²) in [6.07, 6.45) is 0. The summed E-state index contributed by atoms with van der Waals surface area (Å²) in [5.74, 6) is 0.301. The van der Waals surface area contributed by atoms with E-state index < -0.39 is 3.92 Å². The lowest BCUT2D eigenvalue weighted by atomic mass is 10.0. The van der Waals surface area contributed by atoms with E-state index in [0.717, 1.165) is 16.8 Å². The minimum atomic E-state index is -0.445. The lowest BCUT2D eigenvalue weighted by Crippen LogP contribution is -2.30. The van der Waals surface area contributed by atoms with E-state index in [4.69, 9.17) is 39.9 Å². The summed E-state index contributed by atoms with van der Waals surface area (Å²) in [6.45, 7) is 6.70. The van der Waals surface area contributed by atoms with Gasteiger partial charge in [0.25, 0.3) is 0 Å². The van der Waals surface area contributed by atoms with Crippen LogP contribution in [0.4, 0.5) is 0 Å². The molecule has 1 amide bonds. The van der Waals surface area contributed by atoms with Crippen LogP contribution in [0.2, 0.25) is 15.1 Å². The molecule has 0 spiro atoms. The van der Waals surface area contributed by atoms with Gasteiger partial charge in [-0.2, -0.15) is 5.10 Å². The number of benzene rings is 2. The SMILES string of the molecule is Cc1c(C(I)C(=O)NCC(C)C)nn(-c2ccc(Cl)cc2Cl)c1-c1ccc(Cl)cc1. The van der Waals surface area contributed by atoms with Gasteiger partial charge >= 0.3 is 0 Å². The van der Waals surface area contributed by atoms with Crippen LogP contribution in [0, 0.1) is 12.8 Å². The Balaban J connectivity index is 2.14. The van der Waals surface area contributed by atoms with Gasteiger partial charge in [-0.1, -0.05) is 83.4 Å². The van der Waals surface area contributed by atoms with Crippen molar-refractivity contribution in [3.63, 3.8) is 0 Å². The number of carbonyl (C=O) groups excluding carboxylic acids is 1. The van der Waals surface area contributed by atoms with Crippen molar-refractivity contribution >= 4 is 63.3 Å². The molecule has 1 unspecified atom stereocenters. The number of rotatable bonds is 6. The number of nitrogens with one attached hydrogen (secondary N) is 1. The third kappa shape index (κ3) is 5.13. The molecule has 0 radical (unpaired) electrons. The Labute approximate surface area is 205 Å². The second-order valence-corrected chi connectivity index (χ2v) is 9.90. The van der Waals surface area contributed by atoms with Crippen LogP contribution < -0.4 is 5.32 Å². The van der Waals surface area contributed by atoms with Gasteiger partial charge in [-0.3, -0.25) is 4.79 Å². The van der Waals surface area contributed by atoms with Gasteiger partial charge in [0.2, 0.25) is 5.91 Å². The van der Waals surface area contributed by atoms with Crippen LogP contribution in [0.5, 0.6) is 0 Å². The second-order valence-electron chi connectivity index (χ2n) is 7.37. The molecule has 0 aliphatic rings. The first kappa shape index (κ1) is 23.4. The highest BCUT2D eigenvalue weighted by molar-refractivity contribution is 14.1. The van der Waals surface area contributed by atoms with Crippen molar-refractivity contribution in [1.29, 1.82) is 0 Å². The summed E-state index contributed by atoms with van der Waals surface area (Å²) < 4.78 is 1.33. The maximum Gasteiger partial charge on any atom is 0.239 e. The Morgan fingerprint density at radius 1 is 1.10 bits per heavy atom. The van der Waals surface area contributed by atoms with Crippen LogP contribution in [-0.2, 0) is 4.79 Å². The van der Waals surface area contributed by atoms with E-state index in [2.05, 4.69) is 41.8 Å². The Morgan fingerprint density at radius 3 is 2.33 bits per heavy atom. The minimum Gasteiger partial charge on any atom is -0.355 e. The second kappa shape index (κ2) is 9.90. The molecule has 4 nitrogen and oxygen atoms in total. The summed E-state index contributed by atoms with van der Waals surface area (Å²) in [5.41, 5.74) is 4.05. The first-order chi connectivity index (χ1) is 14.2. The van der Waals surface area contributed by atoms with Gasteiger partial charge in [0.15, 0.2) is 0 Å². The Morgan fingerprint density at radius 2 is 1.73 bits per heavy atom. The third-order valence-electron chi connectivity index (χ3n) is 4.57. The molecule has 0 aliphatic heterocycles. The summed E-state index contributed by atoms with van der Waals surface area (Å²) in [7, 11) is 0. The van der Waals surface area contributed by atoms with Crippen molar-refractivity contribution in [3.05, 3.63) is 68.8 Å². The van der Waals surface area contributed by atoms with E-state index in [9.17, 15) is 4.79 Å². The molecule has 1 heterocycles. The van der Waals surface area contributed by atoms with Crippen LogP contribution in [0.25, 0.3) is 16.9 Å². The molecule has 158 valence electrons. The molecular formula is C22H21Cl3IN3O. The maximum atomic E-state index is 12.7. The van der Waals surface area contributed by atoms with Crippen molar-refractivity contribution in [3.8, 4) is 16.9 Å². The number of alkyl halides is 1. The predicted molar refractivity (Wildman–Crippen MR) is 133 cm³/mol. The monoisotopic (exact) mass is 575 g/mol. The molecular weight excluding hydrogens is 556 g/mol. The number of carbonyl (C=O) groups is 1. The summed E-state index contributed by atoms with van der Waals surface area (Å²) in [5, 5.41) is 9.45. The van der Waals surface area contributed by atoms with Crippen molar-refractivity contribution < 1.29 is 4.79 Å². The van der Waals surface area contributed by atoms with E-state index in [-0.39, 0.29) is 5.91 Å². The predicted octanol–water partition coefficient (Wildman–Crippen LogP) is 7.06. The topological polar surface area (TPSA) is 46.9 Å². The number of halogens is 4. The van der Waals surface area contributed by atoms with E-state index in [1.165, 1.54) is 0 Å². The molecule has 3 rings (SSSR count). The van der Waals surface area contributed by atoms with Crippen LogP contribution in [0.3, 0.4) is 0 Å². The zero-order valence-electron chi connectivity index (χ0n) is 16.7. The lowest BCUT2D eigenvalue weighted by molar-refractivity contribution is -0.120. The quantitative estimate of drug-likeness (QED) is 0.252. The molecule has 0 saturated heterocycles. The van der Waals surface area contributed by atoms with Gasteiger partial charge in [-0.25, -0.2) is 4.68 Å². The third-order valence-corrected chi connectivity index (χ3v) is 6.51. The highest BCUT2D eigenvalue weighted by atomic mass is 127. The summed E-state index contributed by atoms with van der Waals surface area (Å²) in [6, 6.07) is 12.8. The smallest absolute Gasteiger partial charge is 0.239 e. The fraction of sp³-hybridized carbons (Fsp3) is 0.273. The van der Waals surface area contributed by atoms with Gasteiger partial charge in [0.05, 0.1) is 22.1 Å². The summed E-state index contributed by atoms with van der Waals surface area (Å²) >= 11 is 20.8. The zero-order valence-corrected chi connectivity index (χ0v) is 21.1. The molecule has 0 saturated carbocycles. The fourth-order valence-corrected chi connectivity index (χ4v) is 4.47. The average molecular weight is 577 g/mol. The van der Waals surface area contributed by atoms with E-state index >= 15 is 0 Å². The fourth-order valence-electron chi connectivity index (χ4n) is 3.05. The highest BCUT2D eigenvalue weighted by Gasteiger charge is 2.27. The number of amides is 1. The van der Waals surface area contributed by atoms with Crippen LogP contribution in [0.15, 0.2) is 42.5 Å². The van der Waals surface area contributed by atoms with Gasteiger partial charge in [0.1, 0.15) is 3.92 Å². The van der Waals surface area contributed by atoms with Crippen LogP contribution in [0.1, 0.15) is 29.0 Å². The normalized spacial score (nSPS) is 12.3. The summed E-state index contributed by atoms with van der Waals surface area (Å²) in [4.78, 5) is 12.7. The molecule has 1 N–H and O–H groups in total. The van der Waals surface area contributed by atoms with Gasteiger partial charge in [-0.05, 0) is 43.2 Å². The highest BCUT2D eigenvalue weighted by Crippen LogP contribution is 2.37. The number of hydrogen-bond donors (Lipinski definition) is 1. The molecule has 0 bridgehead atoms. The first-order valence-electron chi connectivity index (χ1n) is 9.41. The van der Waals surface area contributed by atoms with Crippen LogP contribution >= 0.6 is 57.4 Å². The lowest BCUT2D eigenvalue weighted by Gasteiger charge is -2.11. The zero-order chi connectivity index (χ0) is 22.0. The number of hydrogen-bond acceptors (Lipinski definition) is 2. The van der Waals surface area contributed by atoms with Gasteiger partial charge in [-0.15, -0.1) is 0 Å². The van der Waals surface area contributed by atoms with Crippen LogP contribution in [-0.4, -0.2) is 22.2 Å². The molecule has 8 heteroatoms. The van der Waals surface area contributed by atoms with Crippen molar-refractivity contribution in [2.24, 2.45) is 5.92 Å². The molecule has 3 aromatic rings. The Hall–Kier alpha value is -1.28. The van der Waals surface area contributed by atoms with Gasteiger partial charge < -0.3 is 5.32 Å². The molecule has 30 heavy (non-hydrogen) atoms. The van der Waals surface area contributed by atoms with Crippen molar-refractivity contribution in [2.45, 2.75) is 24.7 Å². The molecule has 2 aromatic carbocycles. The number of aromatic nitrogens is 2. The molecule has 0 fully saturated rings. The molecule has 1 atom stereocenters.